The van der Waals surface area contributed by atoms with Crippen molar-refractivity contribution in [2.45, 2.75) is 77.5 Å². The van der Waals surface area contributed by atoms with Crippen LogP contribution in [0.2, 0.25) is 0 Å². The summed E-state index contributed by atoms with van der Waals surface area (Å²) in [6.07, 6.45) is 0.378. The van der Waals surface area contributed by atoms with Gasteiger partial charge >= 0.3 is 12.1 Å². The van der Waals surface area contributed by atoms with Crippen LogP contribution < -0.4 is 0 Å². The second-order valence-electron chi connectivity index (χ2n) is 10.8. The number of nitrogens with zero attached hydrogens (tertiary/aromatic N) is 1. The van der Waals surface area contributed by atoms with Crippen molar-refractivity contribution < 1.29 is 23.9 Å². The van der Waals surface area contributed by atoms with E-state index in [1.165, 1.54) is 0 Å². The van der Waals surface area contributed by atoms with E-state index in [0.717, 1.165) is 11.1 Å². The van der Waals surface area contributed by atoms with E-state index in [2.05, 4.69) is 0 Å². The highest BCUT2D eigenvalue weighted by molar-refractivity contribution is 5.92. The van der Waals surface area contributed by atoms with Crippen molar-refractivity contribution in [2.24, 2.45) is 0 Å². The third kappa shape index (κ3) is 6.69. The van der Waals surface area contributed by atoms with Crippen LogP contribution in [-0.2, 0) is 20.7 Å². The summed E-state index contributed by atoms with van der Waals surface area (Å²) in [6.45, 7) is 11.4. The fraction of sp³-hybridized carbons (Fsp3) is 0.464. The van der Waals surface area contributed by atoms with Gasteiger partial charge in [0.05, 0.1) is 5.56 Å². The number of ketones is 1. The zero-order valence-electron chi connectivity index (χ0n) is 21.0. The van der Waals surface area contributed by atoms with E-state index in [-0.39, 0.29) is 18.1 Å². The zero-order chi connectivity index (χ0) is 25.1. The predicted octanol–water partition coefficient (Wildman–Crippen LogP) is 5.55. The van der Waals surface area contributed by atoms with Gasteiger partial charge in [0, 0.05) is 18.9 Å². The Morgan fingerprint density at radius 1 is 0.853 bits per heavy atom. The molecule has 0 aromatic heterocycles. The van der Waals surface area contributed by atoms with Crippen LogP contribution >= 0.6 is 0 Å². The molecular formula is C28H35NO5. The Kier molecular flexibility index (Phi) is 7.49. The van der Waals surface area contributed by atoms with Crippen molar-refractivity contribution >= 4 is 17.8 Å². The molecule has 1 aliphatic rings. The van der Waals surface area contributed by atoms with Crippen LogP contribution in [0.25, 0.3) is 0 Å². The summed E-state index contributed by atoms with van der Waals surface area (Å²) in [7, 11) is 0. The van der Waals surface area contributed by atoms with Crippen molar-refractivity contribution in [3.63, 3.8) is 0 Å². The summed E-state index contributed by atoms with van der Waals surface area (Å²) in [5.74, 6) is -0.550. The molecule has 0 aliphatic carbocycles. The van der Waals surface area contributed by atoms with E-state index >= 15 is 0 Å². The van der Waals surface area contributed by atoms with Crippen LogP contribution in [0.4, 0.5) is 4.79 Å². The Morgan fingerprint density at radius 2 is 1.44 bits per heavy atom. The lowest BCUT2D eigenvalue weighted by Crippen LogP contribution is -2.45. The first-order valence-electron chi connectivity index (χ1n) is 11.7. The van der Waals surface area contributed by atoms with Gasteiger partial charge in [-0.2, -0.15) is 0 Å². The topological polar surface area (TPSA) is 72.9 Å². The first-order chi connectivity index (χ1) is 15.8. The van der Waals surface area contributed by atoms with Crippen molar-refractivity contribution in [3.05, 3.63) is 71.3 Å². The summed E-state index contributed by atoms with van der Waals surface area (Å²) in [4.78, 5) is 40.3. The average molecular weight is 466 g/mol. The Hall–Kier alpha value is -3.15. The quantitative estimate of drug-likeness (QED) is 0.542. The van der Waals surface area contributed by atoms with Gasteiger partial charge in [0.25, 0.3) is 0 Å². The third-order valence-electron chi connectivity index (χ3n) is 5.55. The molecule has 0 saturated carbocycles. The molecule has 2 atom stereocenters. The van der Waals surface area contributed by atoms with Crippen molar-refractivity contribution in [1.29, 1.82) is 0 Å². The summed E-state index contributed by atoms with van der Waals surface area (Å²) in [5.41, 5.74) is 1.02. The van der Waals surface area contributed by atoms with Crippen LogP contribution in [-0.4, -0.2) is 46.5 Å². The number of carbonyl (C=O) groups is 3. The Morgan fingerprint density at radius 3 is 2.00 bits per heavy atom. The molecule has 1 heterocycles. The first kappa shape index (κ1) is 25.5. The van der Waals surface area contributed by atoms with Crippen LogP contribution in [0.3, 0.4) is 0 Å². The second-order valence-corrected chi connectivity index (χ2v) is 10.8. The number of hydrogen-bond acceptors (Lipinski definition) is 5. The summed E-state index contributed by atoms with van der Waals surface area (Å²) < 4.78 is 11.0. The summed E-state index contributed by atoms with van der Waals surface area (Å²) in [5, 5.41) is 0. The predicted molar refractivity (Wildman–Crippen MR) is 131 cm³/mol. The number of carbonyl (C=O) groups excluding carboxylic acids is 3. The van der Waals surface area contributed by atoms with Crippen molar-refractivity contribution in [3.8, 4) is 0 Å². The molecule has 0 radical (unpaired) electrons. The smallest absolute Gasteiger partial charge is 0.410 e. The minimum Gasteiger partial charge on any atom is -0.456 e. The number of esters is 1. The number of ether oxygens (including phenoxy) is 2. The molecule has 6 nitrogen and oxygen atoms in total. The van der Waals surface area contributed by atoms with Gasteiger partial charge in [-0.15, -0.1) is 0 Å². The standard InChI is InChI=1S/C28H35NO5/c1-27(2,3)33-25(31)21-14-12-19(13-15-21)18-23(30)24-22(20-10-8-7-9-11-20)16-17-29(24)26(32)34-28(4,5)6/h7-15,22,24H,16-18H2,1-6H3/t22?,24-/m0/s1. The number of hydrogen-bond donors (Lipinski definition) is 0. The minimum atomic E-state index is -0.646. The zero-order valence-corrected chi connectivity index (χ0v) is 21.0. The molecule has 1 fully saturated rings. The van der Waals surface area contributed by atoms with Gasteiger partial charge in [0.1, 0.15) is 17.2 Å². The molecule has 1 amide bonds. The van der Waals surface area contributed by atoms with Gasteiger partial charge in [0.15, 0.2) is 5.78 Å². The number of amides is 1. The number of likely N-dealkylation sites (tertiary alicyclic amines) is 1. The van der Waals surface area contributed by atoms with E-state index in [4.69, 9.17) is 9.47 Å². The minimum absolute atomic E-state index is 0.0535. The van der Waals surface area contributed by atoms with Gasteiger partial charge in [-0.1, -0.05) is 42.5 Å². The molecule has 0 N–H and O–H groups in total. The molecule has 2 aromatic carbocycles. The second kappa shape index (κ2) is 10.00. The molecule has 2 aromatic rings. The maximum atomic E-state index is 13.5. The van der Waals surface area contributed by atoms with Crippen molar-refractivity contribution in [1.82, 2.24) is 4.90 Å². The number of benzene rings is 2. The van der Waals surface area contributed by atoms with E-state index in [1.54, 1.807) is 29.2 Å². The molecule has 182 valence electrons. The van der Waals surface area contributed by atoms with Crippen molar-refractivity contribution in [2.75, 3.05) is 6.54 Å². The first-order valence-corrected chi connectivity index (χ1v) is 11.7. The van der Waals surface area contributed by atoms with E-state index in [0.29, 0.717) is 18.5 Å². The third-order valence-corrected chi connectivity index (χ3v) is 5.55. The molecule has 34 heavy (non-hydrogen) atoms. The van der Waals surface area contributed by atoms with Crippen LogP contribution in [0, 0.1) is 0 Å². The fourth-order valence-electron chi connectivity index (χ4n) is 4.17. The molecular weight excluding hydrogens is 430 g/mol. The van der Waals surface area contributed by atoms with Gasteiger partial charge in [0.2, 0.25) is 0 Å². The highest BCUT2D eigenvalue weighted by Crippen LogP contribution is 2.35. The Labute approximate surface area is 202 Å². The maximum Gasteiger partial charge on any atom is 0.410 e. The monoisotopic (exact) mass is 465 g/mol. The van der Waals surface area contributed by atoms with Crippen LogP contribution in [0.15, 0.2) is 54.6 Å². The maximum absolute atomic E-state index is 13.5. The van der Waals surface area contributed by atoms with E-state index in [9.17, 15) is 14.4 Å². The van der Waals surface area contributed by atoms with E-state index < -0.39 is 29.3 Å². The highest BCUT2D eigenvalue weighted by Gasteiger charge is 2.43. The largest absolute Gasteiger partial charge is 0.456 e. The van der Waals surface area contributed by atoms with Gasteiger partial charge in [-0.25, -0.2) is 9.59 Å². The van der Waals surface area contributed by atoms with E-state index in [1.807, 2.05) is 71.9 Å². The highest BCUT2D eigenvalue weighted by atomic mass is 16.6. The molecule has 1 unspecified atom stereocenters. The summed E-state index contributed by atoms with van der Waals surface area (Å²) in [6, 6.07) is 16.1. The number of Topliss-reactive ketones (excluding diaryl/α,β-unsaturated/α-hetero) is 1. The molecule has 3 rings (SSSR count). The van der Waals surface area contributed by atoms with Gasteiger partial charge in [-0.05, 0) is 71.2 Å². The van der Waals surface area contributed by atoms with Gasteiger partial charge in [-0.3, -0.25) is 9.69 Å². The normalized spacial score (nSPS) is 18.5. The average Bonchev–Trinajstić information content (AvgIpc) is 3.18. The molecule has 0 spiro atoms. The molecule has 0 bridgehead atoms. The molecule has 6 heteroatoms. The van der Waals surface area contributed by atoms with Crippen LogP contribution in [0.5, 0.6) is 0 Å². The molecule has 1 saturated heterocycles. The lowest BCUT2D eigenvalue weighted by Gasteiger charge is -2.30. The molecule has 1 aliphatic heterocycles. The Balaban J connectivity index is 1.80. The van der Waals surface area contributed by atoms with Gasteiger partial charge < -0.3 is 9.47 Å². The lowest BCUT2D eigenvalue weighted by molar-refractivity contribution is -0.123. The summed E-state index contributed by atoms with van der Waals surface area (Å²) >= 11 is 0. The lowest BCUT2D eigenvalue weighted by atomic mass is 9.87. The van der Waals surface area contributed by atoms with Crippen LogP contribution in [0.1, 0.15) is 75.4 Å². The Bertz CT molecular complexity index is 1020. The number of rotatable bonds is 5. The fourth-order valence-corrected chi connectivity index (χ4v) is 4.17. The SMILES string of the molecule is CC(C)(C)OC(=O)c1ccc(CC(=O)[C@@H]2C(c3ccccc3)CCN2C(=O)OC(C)(C)C)cc1.